The third kappa shape index (κ3) is 4.80. The van der Waals surface area contributed by atoms with E-state index in [4.69, 9.17) is 9.72 Å². The van der Waals surface area contributed by atoms with E-state index in [1.165, 1.54) is 0 Å². The van der Waals surface area contributed by atoms with E-state index in [0.29, 0.717) is 17.2 Å². The van der Waals surface area contributed by atoms with Crippen molar-refractivity contribution >= 4 is 32.9 Å². The number of methoxy groups -OCH3 is 1. The summed E-state index contributed by atoms with van der Waals surface area (Å²) in [5.74, 6) is 1.39. The molecule has 0 saturated carbocycles. The number of nitrogens with zero attached hydrogens (tertiary/aromatic N) is 3. The zero-order valence-corrected chi connectivity index (χ0v) is 20.0. The first kappa shape index (κ1) is 22.4. The van der Waals surface area contributed by atoms with E-state index < -0.39 is 10.0 Å². The summed E-state index contributed by atoms with van der Waals surface area (Å²) >= 11 is 0. The van der Waals surface area contributed by atoms with E-state index >= 15 is 0 Å². The van der Waals surface area contributed by atoms with E-state index in [2.05, 4.69) is 15.1 Å². The minimum absolute atomic E-state index is 0.218. The van der Waals surface area contributed by atoms with Crippen LogP contribution in [0.2, 0.25) is 0 Å². The number of aromatic nitrogens is 3. The van der Waals surface area contributed by atoms with E-state index in [1.807, 2.05) is 43.5 Å². The highest BCUT2D eigenvalue weighted by Gasteiger charge is 2.14. The average Bonchev–Trinajstić information content (AvgIpc) is 3.29. The van der Waals surface area contributed by atoms with Gasteiger partial charge in [0.05, 0.1) is 18.2 Å². The molecule has 5 aromatic rings. The topological polar surface area (TPSA) is 97.6 Å². The molecule has 0 amide bonds. The average molecular weight is 486 g/mol. The molecule has 2 aromatic heterocycles. The molecule has 0 bridgehead atoms. The number of fused-ring (bicyclic) bond motifs is 1. The van der Waals surface area contributed by atoms with Crippen molar-refractivity contribution in [2.75, 3.05) is 17.1 Å². The number of nitrogens with one attached hydrogen (secondary N) is 2. The summed E-state index contributed by atoms with van der Waals surface area (Å²) in [6.07, 6.45) is 3.61. The van der Waals surface area contributed by atoms with Crippen LogP contribution < -0.4 is 14.8 Å². The van der Waals surface area contributed by atoms with Crippen molar-refractivity contribution < 1.29 is 13.2 Å². The highest BCUT2D eigenvalue weighted by atomic mass is 32.2. The SMILES string of the molecule is COc1cccc(-c2cnn3ccc(Nc4ccc(NS(=O)(=O)c5ccc(C)cc5)cc4)nc23)c1. The molecule has 2 heterocycles. The summed E-state index contributed by atoms with van der Waals surface area (Å²) in [7, 11) is -2.02. The van der Waals surface area contributed by atoms with Crippen LogP contribution in [0.4, 0.5) is 17.2 Å². The number of aryl methyl sites for hydroxylation is 1. The zero-order chi connectivity index (χ0) is 24.4. The Kier molecular flexibility index (Phi) is 5.84. The summed E-state index contributed by atoms with van der Waals surface area (Å²) in [5.41, 5.74) is 4.77. The van der Waals surface area contributed by atoms with Crippen LogP contribution in [0.3, 0.4) is 0 Å². The number of rotatable bonds is 7. The molecule has 9 heteroatoms. The molecule has 0 aliphatic carbocycles. The number of benzene rings is 3. The Bertz CT molecular complexity index is 1590. The van der Waals surface area contributed by atoms with Crippen LogP contribution in [-0.2, 0) is 10.0 Å². The van der Waals surface area contributed by atoms with E-state index in [-0.39, 0.29) is 4.90 Å². The van der Waals surface area contributed by atoms with Gasteiger partial charge in [0.15, 0.2) is 5.65 Å². The Morgan fingerprint density at radius 2 is 1.66 bits per heavy atom. The summed E-state index contributed by atoms with van der Waals surface area (Å²) in [6, 6.07) is 23.3. The van der Waals surface area contributed by atoms with Crippen molar-refractivity contribution in [1.29, 1.82) is 0 Å². The van der Waals surface area contributed by atoms with Gasteiger partial charge in [-0.1, -0.05) is 29.8 Å². The molecule has 0 aliphatic rings. The van der Waals surface area contributed by atoms with E-state index in [1.54, 1.807) is 66.4 Å². The maximum Gasteiger partial charge on any atom is 0.261 e. The lowest BCUT2D eigenvalue weighted by Crippen LogP contribution is -2.12. The van der Waals surface area contributed by atoms with Crippen LogP contribution in [0.1, 0.15) is 5.56 Å². The summed E-state index contributed by atoms with van der Waals surface area (Å²) in [6.45, 7) is 1.91. The van der Waals surface area contributed by atoms with Crippen LogP contribution in [0.15, 0.2) is 96.2 Å². The highest BCUT2D eigenvalue weighted by molar-refractivity contribution is 7.92. The van der Waals surface area contributed by atoms with Gasteiger partial charge in [-0.25, -0.2) is 17.9 Å². The molecule has 0 fully saturated rings. The number of hydrogen-bond donors (Lipinski definition) is 2. The van der Waals surface area contributed by atoms with E-state index in [0.717, 1.165) is 28.1 Å². The molecule has 0 spiro atoms. The second-order valence-electron chi connectivity index (χ2n) is 7.99. The van der Waals surface area contributed by atoms with Gasteiger partial charge in [-0.2, -0.15) is 5.10 Å². The predicted molar refractivity (Wildman–Crippen MR) is 137 cm³/mol. The highest BCUT2D eigenvalue weighted by Crippen LogP contribution is 2.28. The van der Waals surface area contributed by atoms with Gasteiger partial charge in [-0.3, -0.25) is 4.72 Å². The predicted octanol–water partition coefficient (Wildman–Crippen LogP) is 5.26. The van der Waals surface area contributed by atoms with Gasteiger partial charge in [-0.05, 0) is 67.1 Å². The van der Waals surface area contributed by atoms with Crippen LogP contribution in [0.5, 0.6) is 5.75 Å². The molecule has 2 N–H and O–H groups in total. The maximum atomic E-state index is 12.6. The first-order chi connectivity index (χ1) is 16.9. The zero-order valence-electron chi connectivity index (χ0n) is 19.1. The van der Waals surface area contributed by atoms with Crippen molar-refractivity contribution in [3.63, 3.8) is 0 Å². The molecule has 0 radical (unpaired) electrons. The molecule has 0 saturated heterocycles. The lowest BCUT2D eigenvalue weighted by atomic mass is 10.1. The second-order valence-corrected chi connectivity index (χ2v) is 9.67. The summed E-state index contributed by atoms with van der Waals surface area (Å²) in [5, 5.41) is 7.66. The third-order valence-corrected chi connectivity index (χ3v) is 6.89. The van der Waals surface area contributed by atoms with Crippen LogP contribution >= 0.6 is 0 Å². The largest absolute Gasteiger partial charge is 0.497 e. The van der Waals surface area contributed by atoms with Crippen molar-refractivity contribution in [2.45, 2.75) is 11.8 Å². The fourth-order valence-corrected chi connectivity index (χ4v) is 4.69. The summed E-state index contributed by atoms with van der Waals surface area (Å²) in [4.78, 5) is 4.95. The molecular formula is C26H23N5O3S. The quantitative estimate of drug-likeness (QED) is 0.326. The Hall–Kier alpha value is -4.37. The minimum atomic E-state index is -3.66. The minimum Gasteiger partial charge on any atom is -0.497 e. The summed E-state index contributed by atoms with van der Waals surface area (Å²) < 4.78 is 34.9. The Morgan fingerprint density at radius 3 is 2.40 bits per heavy atom. The molecule has 0 unspecified atom stereocenters. The molecule has 0 atom stereocenters. The van der Waals surface area contributed by atoms with Gasteiger partial charge in [-0.15, -0.1) is 0 Å². The third-order valence-electron chi connectivity index (χ3n) is 5.49. The molecule has 3 aromatic carbocycles. The molecule has 8 nitrogen and oxygen atoms in total. The monoisotopic (exact) mass is 485 g/mol. The molecule has 35 heavy (non-hydrogen) atoms. The fraction of sp³-hybridized carbons (Fsp3) is 0.0769. The van der Waals surface area contributed by atoms with Crippen molar-refractivity contribution in [1.82, 2.24) is 14.6 Å². The van der Waals surface area contributed by atoms with Crippen LogP contribution in [0.25, 0.3) is 16.8 Å². The molecule has 176 valence electrons. The van der Waals surface area contributed by atoms with Gasteiger partial charge >= 0.3 is 0 Å². The Morgan fingerprint density at radius 1 is 0.914 bits per heavy atom. The van der Waals surface area contributed by atoms with Gasteiger partial charge in [0.1, 0.15) is 11.6 Å². The van der Waals surface area contributed by atoms with Crippen molar-refractivity contribution in [3.05, 3.63) is 96.8 Å². The van der Waals surface area contributed by atoms with Gasteiger partial charge < -0.3 is 10.1 Å². The number of hydrogen-bond acceptors (Lipinski definition) is 6. The van der Waals surface area contributed by atoms with Crippen molar-refractivity contribution in [2.24, 2.45) is 0 Å². The van der Waals surface area contributed by atoms with Crippen LogP contribution in [-0.4, -0.2) is 30.1 Å². The fourth-order valence-electron chi connectivity index (χ4n) is 3.63. The molecular weight excluding hydrogens is 462 g/mol. The Balaban J connectivity index is 1.35. The lowest BCUT2D eigenvalue weighted by Gasteiger charge is -2.10. The lowest BCUT2D eigenvalue weighted by molar-refractivity contribution is 0.415. The van der Waals surface area contributed by atoms with Gasteiger partial charge in [0, 0.05) is 23.1 Å². The number of ether oxygens (including phenoxy) is 1. The van der Waals surface area contributed by atoms with Gasteiger partial charge in [0.2, 0.25) is 0 Å². The van der Waals surface area contributed by atoms with Crippen molar-refractivity contribution in [3.8, 4) is 16.9 Å². The normalized spacial score (nSPS) is 11.4. The molecule has 5 rings (SSSR count). The molecule has 0 aliphatic heterocycles. The van der Waals surface area contributed by atoms with Gasteiger partial charge in [0.25, 0.3) is 10.0 Å². The van der Waals surface area contributed by atoms with Crippen LogP contribution in [0, 0.1) is 6.92 Å². The maximum absolute atomic E-state index is 12.6. The smallest absolute Gasteiger partial charge is 0.261 e. The number of sulfonamides is 1. The standard InChI is InChI=1S/C26H23N5O3S/c1-18-6-12-23(13-7-18)35(32,33)30-21-10-8-20(9-11-21)28-25-14-15-31-26(29-25)24(17-27-31)19-4-3-5-22(16-19)34-2/h3-17,30H,1-2H3,(H,28,29). The van der Waals surface area contributed by atoms with E-state index in [9.17, 15) is 8.42 Å². The Labute approximate surface area is 203 Å². The first-order valence-corrected chi connectivity index (χ1v) is 12.3. The number of anilines is 3. The second kappa shape index (κ2) is 9.11. The first-order valence-electron chi connectivity index (χ1n) is 10.9.